The summed E-state index contributed by atoms with van der Waals surface area (Å²) >= 11 is 0. The smallest absolute Gasteiger partial charge is 0.407 e. The molecule has 0 radical (unpaired) electrons. The Hall–Kier alpha value is -4.41. The molecule has 4 aromatic rings. The third-order valence-corrected chi connectivity index (χ3v) is 7.38. The molecule has 41 heavy (non-hydrogen) atoms. The zero-order valence-electron chi connectivity index (χ0n) is 23.8. The van der Waals surface area contributed by atoms with Gasteiger partial charge in [0.2, 0.25) is 5.95 Å². The second-order valence-electron chi connectivity index (χ2n) is 11.6. The molecule has 2 aromatic carbocycles. The summed E-state index contributed by atoms with van der Waals surface area (Å²) in [6.07, 6.45) is 1.02. The van der Waals surface area contributed by atoms with Gasteiger partial charge in [-0.15, -0.1) is 0 Å². The van der Waals surface area contributed by atoms with Crippen molar-refractivity contribution in [3.8, 4) is 0 Å². The van der Waals surface area contributed by atoms with Crippen LogP contribution in [-0.2, 0) is 18.3 Å². The van der Waals surface area contributed by atoms with Crippen molar-refractivity contribution < 1.29 is 23.8 Å². The number of ether oxygens (including phenoxy) is 1. The number of carbonyl (C=O) groups is 2. The molecule has 1 atom stereocenters. The van der Waals surface area contributed by atoms with E-state index < -0.39 is 17.7 Å². The number of nitrogens with one attached hydrogen (secondary N) is 1. The van der Waals surface area contributed by atoms with Gasteiger partial charge < -0.3 is 29.2 Å². The van der Waals surface area contributed by atoms with Crippen LogP contribution in [-0.4, -0.2) is 56.0 Å². The van der Waals surface area contributed by atoms with Crippen molar-refractivity contribution in [3.63, 3.8) is 0 Å². The van der Waals surface area contributed by atoms with Crippen LogP contribution < -0.4 is 15.8 Å². The summed E-state index contributed by atoms with van der Waals surface area (Å²) in [5.41, 5.74) is 1.88. The molecule has 1 saturated heterocycles. The number of nitrogens with zero attached hydrogens (tertiary/aromatic N) is 4. The Bertz CT molecular complexity index is 1740. The number of imidazole rings is 1. The van der Waals surface area contributed by atoms with Crippen molar-refractivity contribution in [2.24, 2.45) is 7.05 Å². The molecule has 2 N–H and O–H groups in total. The number of aromatic nitrogens is 3. The average Bonchev–Trinajstić information content (AvgIpc) is 3.27. The number of hydrogen-bond acceptors (Lipinski definition) is 6. The van der Waals surface area contributed by atoms with Crippen LogP contribution in [0.3, 0.4) is 0 Å². The van der Waals surface area contributed by atoms with Crippen LogP contribution in [0, 0.1) is 12.7 Å². The van der Waals surface area contributed by atoms with Gasteiger partial charge in [-0.2, -0.15) is 0 Å². The van der Waals surface area contributed by atoms with Crippen LogP contribution in [0.4, 0.5) is 15.1 Å². The van der Waals surface area contributed by atoms with E-state index in [1.165, 1.54) is 28.8 Å². The first-order chi connectivity index (χ1) is 19.3. The highest BCUT2D eigenvalue weighted by Gasteiger charge is 2.29. The van der Waals surface area contributed by atoms with Crippen LogP contribution in [0.5, 0.6) is 0 Å². The molecule has 11 heteroatoms. The first-order valence-corrected chi connectivity index (χ1v) is 13.6. The van der Waals surface area contributed by atoms with Gasteiger partial charge in [0, 0.05) is 31.6 Å². The molecule has 2 aromatic heterocycles. The van der Waals surface area contributed by atoms with E-state index in [4.69, 9.17) is 9.72 Å². The van der Waals surface area contributed by atoms with Gasteiger partial charge in [0.15, 0.2) is 0 Å². The summed E-state index contributed by atoms with van der Waals surface area (Å²) in [7, 11) is 1.60. The van der Waals surface area contributed by atoms with Crippen LogP contribution >= 0.6 is 0 Å². The SMILES string of the molecule is Cc1ccc(F)cc1Cn1c(N2CCC[C@@H](NC(=O)OC(C)(C)C)C2)nc2c3ccc(C(=O)O)cc3n(C)c(=O)c21. The lowest BCUT2D eigenvalue weighted by atomic mass is 10.1. The van der Waals surface area contributed by atoms with Gasteiger partial charge >= 0.3 is 12.1 Å². The number of rotatable bonds is 5. The lowest BCUT2D eigenvalue weighted by Crippen LogP contribution is -2.49. The van der Waals surface area contributed by atoms with E-state index in [2.05, 4.69) is 5.32 Å². The molecular weight excluding hydrogens is 529 g/mol. The molecule has 0 bridgehead atoms. The van der Waals surface area contributed by atoms with Gasteiger partial charge in [-0.1, -0.05) is 6.07 Å². The number of halogens is 1. The molecule has 3 heterocycles. The van der Waals surface area contributed by atoms with E-state index in [0.717, 1.165) is 18.4 Å². The number of fused-ring (bicyclic) bond motifs is 3. The summed E-state index contributed by atoms with van der Waals surface area (Å²) < 4.78 is 23.0. The van der Waals surface area contributed by atoms with E-state index >= 15 is 0 Å². The maximum Gasteiger partial charge on any atom is 0.407 e. The van der Waals surface area contributed by atoms with Crippen LogP contribution in [0.25, 0.3) is 21.9 Å². The number of carboxylic acids is 1. The minimum Gasteiger partial charge on any atom is -0.478 e. The fraction of sp³-hybridized carbons (Fsp3) is 0.400. The molecule has 0 unspecified atom stereocenters. The molecule has 0 spiro atoms. The fourth-order valence-electron chi connectivity index (χ4n) is 5.38. The maximum absolute atomic E-state index is 14.3. The number of anilines is 1. The van der Waals surface area contributed by atoms with Crippen LogP contribution in [0.1, 0.15) is 55.1 Å². The maximum atomic E-state index is 14.3. The summed E-state index contributed by atoms with van der Waals surface area (Å²) in [6.45, 7) is 8.58. The number of amides is 1. The summed E-state index contributed by atoms with van der Waals surface area (Å²) in [5, 5.41) is 13.1. The predicted molar refractivity (Wildman–Crippen MR) is 154 cm³/mol. The third kappa shape index (κ3) is 5.61. The number of alkyl carbamates (subject to hydrolysis) is 1. The first kappa shape index (κ1) is 28.1. The lowest BCUT2D eigenvalue weighted by molar-refractivity contribution is 0.0499. The number of carbonyl (C=O) groups excluding carboxylic acids is 1. The molecule has 0 saturated carbocycles. The van der Waals surface area contributed by atoms with Crippen molar-refractivity contribution in [1.82, 2.24) is 19.4 Å². The second kappa shape index (κ2) is 10.5. The molecule has 1 amide bonds. The minimum atomic E-state index is -1.09. The lowest BCUT2D eigenvalue weighted by Gasteiger charge is -2.34. The zero-order chi connectivity index (χ0) is 29.6. The Kier molecular flexibility index (Phi) is 7.23. The monoisotopic (exact) mass is 563 g/mol. The number of benzene rings is 2. The topological polar surface area (TPSA) is 119 Å². The molecule has 5 rings (SSSR count). The predicted octanol–water partition coefficient (Wildman–Crippen LogP) is 4.58. The molecule has 1 fully saturated rings. The van der Waals surface area contributed by atoms with Gasteiger partial charge in [0.1, 0.15) is 22.5 Å². The van der Waals surface area contributed by atoms with E-state index in [1.54, 1.807) is 44.5 Å². The highest BCUT2D eigenvalue weighted by Crippen LogP contribution is 2.30. The minimum absolute atomic E-state index is 0.0639. The number of piperidine rings is 1. The number of hydrogen-bond donors (Lipinski definition) is 2. The van der Waals surface area contributed by atoms with Crippen molar-refractivity contribution in [3.05, 3.63) is 69.3 Å². The van der Waals surface area contributed by atoms with Crippen LogP contribution in [0.2, 0.25) is 0 Å². The van der Waals surface area contributed by atoms with E-state index in [9.17, 15) is 23.9 Å². The van der Waals surface area contributed by atoms with E-state index in [-0.39, 0.29) is 29.5 Å². The number of aryl methyl sites for hydroxylation is 2. The van der Waals surface area contributed by atoms with Gasteiger partial charge in [-0.25, -0.2) is 19.0 Å². The summed E-state index contributed by atoms with van der Waals surface area (Å²) in [5.74, 6) is -0.953. The summed E-state index contributed by atoms with van der Waals surface area (Å²) in [6, 6.07) is 8.97. The highest BCUT2D eigenvalue weighted by molar-refractivity contribution is 6.05. The fourth-order valence-corrected chi connectivity index (χ4v) is 5.38. The van der Waals surface area contributed by atoms with Gasteiger partial charge in [0.25, 0.3) is 5.56 Å². The third-order valence-electron chi connectivity index (χ3n) is 7.38. The quantitative estimate of drug-likeness (QED) is 0.365. The molecule has 216 valence electrons. The Balaban J connectivity index is 1.65. The summed E-state index contributed by atoms with van der Waals surface area (Å²) in [4.78, 5) is 44.9. The normalized spacial score (nSPS) is 15.9. The molecule has 0 aliphatic carbocycles. The number of carboxylic acid groups (broad SMARTS) is 1. The van der Waals surface area contributed by atoms with Crippen molar-refractivity contribution in [2.75, 3.05) is 18.0 Å². The Labute approximate surface area is 236 Å². The second-order valence-corrected chi connectivity index (χ2v) is 11.6. The van der Waals surface area contributed by atoms with Crippen molar-refractivity contribution >= 4 is 39.9 Å². The van der Waals surface area contributed by atoms with Crippen molar-refractivity contribution in [2.45, 2.75) is 58.7 Å². The Morgan fingerprint density at radius 1 is 1.20 bits per heavy atom. The largest absolute Gasteiger partial charge is 0.478 e. The zero-order valence-corrected chi connectivity index (χ0v) is 23.8. The Morgan fingerprint density at radius 2 is 1.95 bits per heavy atom. The highest BCUT2D eigenvalue weighted by atomic mass is 19.1. The number of pyridine rings is 1. The van der Waals surface area contributed by atoms with Crippen molar-refractivity contribution in [1.29, 1.82) is 0 Å². The van der Waals surface area contributed by atoms with Gasteiger partial charge in [-0.3, -0.25) is 4.79 Å². The van der Waals surface area contributed by atoms with Gasteiger partial charge in [0.05, 0.1) is 17.6 Å². The van der Waals surface area contributed by atoms with E-state index in [1.807, 2.05) is 11.8 Å². The average molecular weight is 564 g/mol. The Morgan fingerprint density at radius 3 is 2.66 bits per heavy atom. The first-order valence-electron chi connectivity index (χ1n) is 13.6. The van der Waals surface area contributed by atoms with Crippen LogP contribution in [0.15, 0.2) is 41.2 Å². The standard InChI is InChI=1S/C30H34FN5O5/c1-17-8-10-20(31)13-19(17)15-36-25-24(22-11-9-18(27(38)39)14-23(22)34(5)26(25)37)33-28(36)35-12-6-7-21(16-35)32-29(40)41-30(2,3)4/h8-11,13-14,21H,6-7,12,15-16H2,1-5H3,(H,32,40)(H,38,39)/t21-/m1/s1. The number of aromatic carboxylic acids is 1. The van der Waals surface area contributed by atoms with E-state index in [0.29, 0.717) is 46.5 Å². The van der Waals surface area contributed by atoms with Gasteiger partial charge in [-0.05, 0) is 82.0 Å². The molecule has 1 aliphatic rings. The molecule has 1 aliphatic heterocycles. The molecular formula is C30H34FN5O5. The molecule has 10 nitrogen and oxygen atoms in total.